The van der Waals surface area contributed by atoms with E-state index in [0.717, 1.165) is 5.56 Å². The lowest BCUT2D eigenvalue weighted by molar-refractivity contribution is -0.138. The number of alkyl halides is 3. The highest BCUT2D eigenvalue weighted by atomic mass is 32.2. The molecule has 0 saturated carbocycles. The van der Waals surface area contributed by atoms with E-state index in [9.17, 15) is 34.8 Å². The quantitative estimate of drug-likeness (QED) is 0.423. The van der Waals surface area contributed by atoms with Gasteiger partial charge < -0.3 is 0 Å². The summed E-state index contributed by atoms with van der Waals surface area (Å²) in [6, 6.07) is 6.88. The van der Waals surface area contributed by atoms with Gasteiger partial charge in [-0.2, -0.15) is 13.2 Å². The molecule has 11 heteroatoms. The minimum Gasteiger partial charge on any atom is -0.292 e. The minimum atomic E-state index is -4.83. The molecule has 0 N–H and O–H groups in total. The number of aromatic nitrogens is 1. The molecule has 0 fully saturated rings. The van der Waals surface area contributed by atoms with E-state index in [-0.39, 0.29) is 24.2 Å². The lowest BCUT2D eigenvalue weighted by Crippen LogP contribution is -2.32. The van der Waals surface area contributed by atoms with Gasteiger partial charge >= 0.3 is 6.18 Å². The molecule has 1 aromatic carbocycles. The summed E-state index contributed by atoms with van der Waals surface area (Å²) in [5.41, 5.74) is -1.06. The Hall–Kier alpha value is -2.27. The van der Waals surface area contributed by atoms with Crippen molar-refractivity contribution in [3.63, 3.8) is 0 Å². The molecule has 1 heterocycles. The Balaban J connectivity index is 2.29. The molecule has 0 bridgehead atoms. The van der Waals surface area contributed by atoms with E-state index in [2.05, 4.69) is 4.98 Å². The molecule has 0 radical (unpaired) electrons. The first-order valence-corrected chi connectivity index (χ1v) is 13.6. The Bertz CT molecular complexity index is 1280. The van der Waals surface area contributed by atoms with Gasteiger partial charge in [0.15, 0.2) is 25.5 Å². The third kappa shape index (κ3) is 5.86. The van der Waals surface area contributed by atoms with Crippen LogP contribution in [0.5, 0.6) is 0 Å². The highest BCUT2D eigenvalue weighted by Crippen LogP contribution is 2.33. The second-order valence-electron chi connectivity index (χ2n) is 9.02. The molecule has 1 aromatic heterocycles. The summed E-state index contributed by atoms with van der Waals surface area (Å²) >= 11 is 0. The van der Waals surface area contributed by atoms with Crippen LogP contribution in [-0.4, -0.2) is 37.6 Å². The monoisotopic (exact) mass is 519 g/mol. The fourth-order valence-corrected chi connectivity index (χ4v) is 6.19. The number of carbonyl (C=O) groups is 1. The number of ketones is 1. The van der Waals surface area contributed by atoms with E-state index in [4.69, 9.17) is 0 Å². The van der Waals surface area contributed by atoms with Crippen molar-refractivity contribution in [2.75, 3.05) is 0 Å². The van der Waals surface area contributed by atoms with Crippen LogP contribution >= 0.6 is 0 Å². The van der Waals surface area contributed by atoms with Gasteiger partial charge in [0.25, 0.3) is 0 Å². The van der Waals surface area contributed by atoms with Gasteiger partial charge in [-0.3, -0.25) is 9.78 Å². The van der Waals surface area contributed by atoms with Gasteiger partial charge in [-0.1, -0.05) is 12.1 Å². The summed E-state index contributed by atoms with van der Waals surface area (Å²) < 4.78 is 89.6. The molecule has 0 spiro atoms. The Kier molecular flexibility index (Phi) is 8.04. The highest BCUT2D eigenvalue weighted by molar-refractivity contribution is 7.92. The topological polar surface area (TPSA) is 98.2 Å². The number of hydrogen-bond acceptors (Lipinski definition) is 6. The Morgan fingerprint density at radius 3 is 2.21 bits per heavy atom. The van der Waals surface area contributed by atoms with Gasteiger partial charge in [-0.05, 0) is 71.2 Å². The molecular weight excluding hydrogens is 491 g/mol. The average molecular weight is 520 g/mol. The van der Waals surface area contributed by atoms with Crippen LogP contribution in [0.15, 0.2) is 46.3 Å². The van der Waals surface area contributed by atoms with E-state index in [0.29, 0.717) is 12.3 Å². The van der Waals surface area contributed by atoms with Gasteiger partial charge in [-0.25, -0.2) is 16.8 Å². The number of nitrogens with zero attached hydrogens (tertiary/aromatic N) is 1. The number of sulfone groups is 2. The van der Waals surface area contributed by atoms with Crippen LogP contribution in [0.25, 0.3) is 0 Å². The number of benzene rings is 1. The van der Waals surface area contributed by atoms with Gasteiger partial charge in [0.05, 0.1) is 25.4 Å². The van der Waals surface area contributed by atoms with E-state index in [1.807, 2.05) is 0 Å². The molecule has 0 aliphatic carbocycles. The highest BCUT2D eigenvalue weighted by Gasteiger charge is 2.37. The van der Waals surface area contributed by atoms with Crippen molar-refractivity contribution in [2.24, 2.45) is 0 Å². The molecule has 0 aliphatic rings. The first-order chi connectivity index (χ1) is 15.4. The molecule has 0 amide bonds. The maximum absolute atomic E-state index is 13.1. The average Bonchev–Trinajstić information content (AvgIpc) is 2.72. The number of halogens is 3. The zero-order valence-corrected chi connectivity index (χ0v) is 21.2. The first kappa shape index (κ1) is 28.0. The molecule has 2 aromatic rings. The lowest BCUT2D eigenvalue weighted by atomic mass is 10.0. The van der Waals surface area contributed by atoms with Crippen molar-refractivity contribution in [2.45, 2.75) is 79.8 Å². The van der Waals surface area contributed by atoms with Crippen LogP contribution < -0.4 is 0 Å². The predicted molar refractivity (Wildman–Crippen MR) is 122 cm³/mol. The Labute approximate surface area is 198 Å². The summed E-state index contributed by atoms with van der Waals surface area (Å²) in [5.74, 6) is -0.767. The number of rotatable bonds is 9. The van der Waals surface area contributed by atoms with Crippen molar-refractivity contribution in [3.05, 3.63) is 53.3 Å². The number of hydrogen-bond donors (Lipinski definition) is 0. The predicted octanol–water partition coefficient (Wildman–Crippen LogP) is 5.20. The summed E-state index contributed by atoms with van der Waals surface area (Å²) in [7, 11) is -7.97. The van der Waals surface area contributed by atoms with Crippen LogP contribution in [0.2, 0.25) is 0 Å². The van der Waals surface area contributed by atoms with E-state index < -0.39 is 57.8 Å². The molecular formula is C23H28F3NO5S2. The van der Waals surface area contributed by atoms with Crippen molar-refractivity contribution >= 4 is 25.5 Å². The molecule has 0 saturated heterocycles. The second-order valence-corrected chi connectivity index (χ2v) is 14.1. The standard InChI is InChI=1S/C23H28F3NO5S2/c1-15(2)33(29,30)20-13-17(23(24,25)26)14-27-21(20)19(28)10-7-11-22(4,5)34(31,32)18-9-6-8-16(3)12-18/h6,8-9,12-15H,7,10-11H2,1-5H3. The fourth-order valence-electron chi connectivity index (χ4n) is 3.31. The van der Waals surface area contributed by atoms with E-state index in [1.165, 1.54) is 33.8 Å². The lowest BCUT2D eigenvalue weighted by Gasteiger charge is -2.25. The molecule has 2 rings (SSSR count). The molecule has 0 unspecified atom stereocenters. The third-order valence-corrected chi connectivity index (χ3v) is 10.3. The van der Waals surface area contributed by atoms with Crippen LogP contribution in [-0.2, 0) is 25.9 Å². The van der Waals surface area contributed by atoms with Crippen LogP contribution in [0.1, 0.15) is 68.6 Å². The fraction of sp³-hybridized carbons (Fsp3) is 0.478. The van der Waals surface area contributed by atoms with Gasteiger partial charge in [-0.15, -0.1) is 0 Å². The number of pyridine rings is 1. The van der Waals surface area contributed by atoms with Crippen molar-refractivity contribution in [1.29, 1.82) is 0 Å². The van der Waals surface area contributed by atoms with Crippen molar-refractivity contribution in [3.8, 4) is 0 Å². The molecule has 0 atom stereocenters. The van der Waals surface area contributed by atoms with Gasteiger partial charge in [0, 0.05) is 12.6 Å². The van der Waals surface area contributed by atoms with Crippen LogP contribution in [0.3, 0.4) is 0 Å². The number of aryl methyl sites for hydroxylation is 1. The smallest absolute Gasteiger partial charge is 0.292 e. The molecule has 188 valence electrons. The second kappa shape index (κ2) is 9.77. The summed E-state index contributed by atoms with van der Waals surface area (Å²) in [5, 5.41) is -1.07. The minimum absolute atomic E-state index is 0.0702. The van der Waals surface area contributed by atoms with E-state index >= 15 is 0 Å². The zero-order valence-electron chi connectivity index (χ0n) is 19.6. The van der Waals surface area contributed by atoms with E-state index in [1.54, 1.807) is 25.1 Å². The third-order valence-electron chi connectivity index (χ3n) is 5.58. The zero-order chi connectivity index (χ0) is 26.1. The van der Waals surface area contributed by atoms with Crippen molar-refractivity contribution in [1.82, 2.24) is 4.98 Å². The maximum atomic E-state index is 13.1. The normalized spacial score (nSPS) is 13.3. The SMILES string of the molecule is Cc1cccc(S(=O)(=O)C(C)(C)CCCC(=O)c2ncc(C(F)(F)F)cc2S(=O)(=O)C(C)C)c1. The molecule has 6 nitrogen and oxygen atoms in total. The maximum Gasteiger partial charge on any atom is 0.417 e. The molecule has 34 heavy (non-hydrogen) atoms. The first-order valence-electron chi connectivity index (χ1n) is 10.6. The summed E-state index contributed by atoms with van der Waals surface area (Å²) in [4.78, 5) is 15.7. The Morgan fingerprint density at radius 1 is 1.06 bits per heavy atom. The van der Waals surface area contributed by atoms with Crippen molar-refractivity contribution < 1.29 is 34.8 Å². The number of carbonyl (C=O) groups excluding carboxylic acids is 1. The molecule has 0 aliphatic heterocycles. The Morgan fingerprint density at radius 2 is 1.68 bits per heavy atom. The summed E-state index contributed by atoms with van der Waals surface area (Å²) in [6.45, 7) is 7.41. The van der Waals surface area contributed by atoms with Gasteiger partial charge in [0.1, 0.15) is 5.69 Å². The number of Topliss-reactive ketones (excluding diaryl/α,β-unsaturated/α-hetero) is 1. The largest absolute Gasteiger partial charge is 0.417 e. The summed E-state index contributed by atoms with van der Waals surface area (Å²) in [6.07, 6.45) is -4.53. The van der Waals surface area contributed by atoms with Crippen LogP contribution in [0.4, 0.5) is 13.2 Å². The van der Waals surface area contributed by atoms with Crippen LogP contribution in [0, 0.1) is 6.92 Å². The van der Waals surface area contributed by atoms with Gasteiger partial charge in [0.2, 0.25) is 0 Å².